The first kappa shape index (κ1) is 19.5. The predicted molar refractivity (Wildman–Crippen MR) is 116 cm³/mol. The second-order valence-corrected chi connectivity index (χ2v) is 7.43. The van der Waals surface area contributed by atoms with Crippen LogP contribution in [0.15, 0.2) is 72.8 Å². The summed E-state index contributed by atoms with van der Waals surface area (Å²) in [5.74, 6) is 0.0697. The third-order valence-electron chi connectivity index (χ3n) is 4.07. The summed E-state index contributed by atoms with van der Waals surface area (Å²) in [6.45, 7) is 0. The van der Waals surface area contributed by atoms with Crippen LogP contribution in [0.2, 0.25) is 15.1 Å². The van der Waals surface area contributed by atoms with E-state index in [4.69, 9.17) is 34.8 Å². The second-order valence-electron chi connectivity index (χ2n) is 6.12. The minimum Gasteiger partial charge on any atom is -0.319 e. The molecular weight excluding hydrogens is 431 g/mol. The highest BCUT2D eigenvalue weighted by Gasteiger charge is 2.19. The van der Waals surface area contributed by atoms with Crippen LogP contribution in [-0.4, -0.2) is 20.7 Å². The summed E-state index contributed by atoms with van der Waals surface area (Å²) >= 11 is 18.0. The Kier molecular flexibility index (Phi) is 5.53. The molecule has 0 atom stereocenters. The van der Waals surface area contributed by atoms with Gasteiger partial charge in [0.1, 0.15) is 0 Å². The number of carbonyl (C=O) groups is 1. The number of anilines is 1. The van der Waals surface area contributed by atoms with Gasteiger partial charge in [-0.25, -0.2) is 9.67 Å². The van der Waals surface area contributed by atoms with Crippen LogP contribution in [-0.2, 0) is 0 Å². The monoisotopic (exact) mass is 442 g/mol. The van der Waals surface area contributed by atoms with Crippen molar-refractivity contribution < 1.29 is 4.79 Å². The Morgan fingerprint density at radius 3 is 2.14 bits per heavy atom. The van der Waals surface area contributed by atoms with Crippen LogP contribution in [0, 0.1) is 0 Å². The van der Waals surface area contributed by atoms with Gasteiger partial charge in [0.25, 0.3) is 5.91 Å². The smallest absolute Gasteiger partial charge is 0.295 e. The van der Waals surface area contributed by atoms with Gasteiger partial charge in [0.05, 0.1) is 5.69 Å². The molecule has 0 bridgehead atoms. The first-order chi connectivity index (χ1) is 14.0. The fourth-order valence-electron chi connectivity index (χ4n) is 2.71. The van der Waals surface area contributed by atoms with Crippen LogP contribution in [0.5, 0.6) is 0 Å². The van der Waals surface area contributed by atoms with Gasteiger partial charge in [-0.2, -0.15) is 0 Å². The lowest BCUT2D eigenvalue weighted by molar-refractivity contribution is 0.101. The molecule has 1 N–H and O–H groups in total. The molecule has 0 radical (unpaired) electrons. The molecule has 0 unspecified atom stereocenters. The Labute approximate surface area is 181 Å². The fourth-order valence-corrected chi connectivity index (χ4v) is 3.15. The quantitative estimate of drug-likeness (QED) is 0.412. The van der Waals surface area contributed by atoms with E-state index in [1.165, 1.54) is 0 Å². The van der Waals surface area contributed by atoms with E-state index in [-0.39, 0.29) is 5.82 Å². The molecular formula is C21H13Cl3N4O. The number of nitrogens with one attached hydrogen (secondary N) is 1. The van der Waals surface area contributed by atoms with Gasteiger partial charge < -0.3 is 5.32 Å². The predicted octanol–water partition coefficient (Wildman–Crippen LogP) is 6.15. The molecule has 144 valence electrons. The number of hydrogen-bond acceptors (Lipinski definition) is 3. The number of carbonyl (C=O) groups excluding carboxylic acids is 1. The van der Waals surface area contributed by atoms with Crippen LogP contribution in [0.4, 0.5) is 5.69 Å². The van der Waals surface area contributed by atoms with Gasteiger partial charge in [0.15, 0.2) is 5.82 Å². The van der Waals surface area contributed by atoms with Crippen molar-refractivity contribution in [2.75, 3.05) is 5.32 Å². The van der Waals surface area contributed by atoms with Crippen LogP contribution in [0.3, 0.4) is 0 Å². The number of halogens is 3. The van der Waals surface area contributed by atoms with Crippen LogP contribution in [0.1, 0.15) is 10.6 Å². The normalized spacial score (nSPS) is 10.7. The number of benzene rings is 3. The standard InChI is InChI=1S/C21H13Cl3N4O/c22-14-6-4-13(5-7-14)20-26-19(21(29)25-17-3-1-2-16(24)12-17)27-28(20)18-10-8-15(23)9-11-18/h1-12H,(H,25,29). The molecule has 0 saturated heterocycles. The van der Waals surface area contributed by atoms with E-state index in [0.29, 0.717) is 32.3 Å². The van der Waals surface area contributed by atoms with Crippen molar-refractivity contribution in [1.82, 2.24) is 14.8 Å². The number of aromatic nitrogens is 3. The van der Waals surface area contributed by atoms with Crippen molar-refractivity contribution in [2.24, 2.45) is 0 Å². The van der Waals surface area contributed by atoms with Crippen LogP contribution < -0.4 is 5.32 Å². The van der Waals surface area contributed by atoms with E-state index >= 15 is 0 Å². The van der Waals surface area contributed by atoms with Gasteiger partial charge in [-0.05, 0) is 66.7 Å². The van der Waals surface area contributed by atoms with Crippen LogP contribution in [0.25, 0.3) is 17.1 Å². The molecule has 0 aliphatic rings. The third kappa shape index (κ3) is 4.43. The first-order valence-electron chi connectivity index (χ1n) is 8.55. The minimum atomic E-state index is -0.449. The average molecular weight is 444 g/mol. The van der Waals surface area contributed by atoms with Crippen molar-refractivity contribution >= 4 is 46.4 Å². The van der Waals surface area contributed by atoms with Crippen LogP contribution >= 0.6 is 34.8 Å². The van der Waals surface area contributed by atoms with Gasteiger partial charge in [-0.3, -0.25) is 4.79 Å². The van der Waals surface area contributed by atoms with Gasteiger partial charge in [-0.15, -0.1) is 5.10 Å². The van der Waals surface area contributed by atoms with Gasteiger partial charge in [-0.1, -0.05) is 40.9 Å². The summed E-state index contributed by atoms with van der Waals surface area (Å²) in [7, 11) is 0. The van der Waals surface area contributed by atoms with E-state index in [0.717, 1.165) is 5.56 Å². The molecule has 8 heteroatoms. The number of amides is 1. The van der Waals surface area contributed by atoms with E-state index < -0.39 is 5.91 Å². The summed E-state index contributed by atoms with van der Waals surface area (Å²) in [6, 6.07) is 21.1. The molecule has 1 heterocycles. The Morgan fingerprint density at radius 2 is 1.48 bits per heavy atom. The van der Waals surface area contributed by atoms with Crippen molar-refractivity contribution in [3.8, 4) is 17.1 Å². The largest absolute Gasteiger partial charge is 0.319 e. The molecule has 29 heavy (non-hydrogen) atoms. The Balaban J connectivity index is 1.75. The van der Waals surface area contributed by atoms with Crippen molar-refractivity contribution in [2.45, 2.75) is 0 Å². The molecule has 4 aromatic rings. The molecule has 3 aromatic carbocycles. The van der Waals surface area contributed by atoms with E-state index in [2.05, 4.69) is 15.4 Å². The SMILES string of the molecule is O=C(Nc1cccc(Cl)c1)c1nc(-c2ccc(Cl)cc2)n(-c2ccc(Cl)cc2)n1. The second kappa shape index (κ2) is 8.25. The zero-order chi connectivity index (χ0) is 20.4. The molecule has 0 aliphatic heterocycles. The molecule has 0 aliphatic carbocycles. The molecule has 5 nitrogen and oxygen atoms in total. The topological polar surface area (TPSA) is 59.8 Å². The minimum absolute atomic E-state index is 0.0184. The highest BCUT2D eigenvalue weighted by Crippen LogP contribution is 2.24. The maximum atomic E-state index is 12.7. The number of rotatable bonds is 4. The Hall–Kier alpha value is -2.86. The fraction of sp³-hybridized carbons (Fsp3) is 0. The summed E-state index contributed by atoms with van der Waals surface area (Å²) in [6.07, 6.45) is 0. The lowest BCUT2D eigenvalue weighted by Gasteiger charge is -2.06. The lowest BCUT2D eigenvalue weighted by atomic mass is 10.2. The highest BCUT2D eigenvalue weighted by atomic mass is 35.5. The van der Waals surface area contributed by atoms with Gasteiger partial charge >= 0.3 is 0 Å². The summed E-state index contributed by atoms with van der Waals surface area (Å²) in [5, 5.41) is 8.89. The van der Waals surface area contributed by atoms with E-state index in [1.54, 1.807) is 65.3 Å². The van der Waals surface area contributed by atoms with Gasteiger partial charge in [0, 0.05) is 26.3 Å². The molecule has 0 spiro atoms. The van der Waals surface area contributed by atoms with Gasteiger partial charge in [0.2, 0.25) is 5.82 Å². The van der Waals surface area contributed by atoms with Crippen molar-refractivity contribution in [3.63, 3.8) is 0 Å². The Morgan fingerprint density at radius 1 is 0.828 bits per heavy atom. The molecule has 0 fully saturated rings. The van der Waals surface area contributed by atoms with E-state index in [1.807, 2.05) is 12.1 Å². The first-order valence-corrected chi connectivity index (χ1v) is 9.69. The average Bonchev–Trinajstić information content (AvgIpc) is 3.15. The molecule has 0 saturated carbocycles. The molecule has 1 aromatic heterocycles. The van der Waals surface area contributed by atoms with E-state index in [9.17, 15) is 4.79 Å². The molecule has 4 rings (SSSR count). The summed E-state index contributed by atoms with van der Waals surface area (Å²) < 4.78 is 1.59. The highest BCUT2D eigenvalue weighted by molar-refractivity contribution is 6.31. The van der Waals surface area contributed by atoms with Crippen molar-refractivity contribution in [1.29, 1.82) is 0 Å². The number of nitrogens with zero attached hydrogens (tertiary/aromatic N) is 3. The summed E-state index contributed by atoms with van der Waals surface area (Å²) in [5.41, 5.74) is 2.03. The summed E-state index contributed by atoms with van der Waals surface area (Å²) in [4.78, 5) is 17.2. The zero-order valence-corrected chi connectivity index (χ0v) is 17.1. The number of hydrogen-bond donors (Lipinski definition) is 1. The zero-order valence-electron chi connectivity index (χ0n) is 14.8. The molecule has 1 amide bonds. The lowest BCUT2D eigenvalue weighted by Crippen LogP contribution is -2.14. The third-order valence-corrected chi connectivity index (χ3v) is 4.81. The maximum Gasteiger partial charge on any atom is 0.295 e. The van der Waals surface area contributed by atoms with Crippen molar-refractivity contribution in [3.05, 3.63) is 93.7 Å². The Bertz CT molecular complexity index is 1110. The maximum absolute atomic E-state index is 12.7.